The van der Waals surface area contributed by atoms with Gasteiger partial charge in [0, 0.05) is 30.8 Å². The van der Waals surface area contributed by atoms with Crippen molar-refractivity contribution in [2.24, 2.45) is 11.7 Å². The number of pyridine rings is 1. The first-order chi connectivity index (χ1) is 13.1. The topological polar surface area (TPSA) is 94.8 Å². The Labute approximate surface area is 157 Å². The molecule has 2 aliphatic rings. The molecule has 7 nitrogen and oxygen atoms in total. The molecule has 1 aromatic carbocycles. The van der Waals surface area contributed by atoms with Crippen molar-refractivity contribution in [3.8, 4) is 11.5 Å². The molecule has 0 saturated carbocycles. The second-order valence-corrected chi connectivity index (χ2v) is 6.72. The van der Waals surface area contributed by atoms with Gasteiger partial charge in [-0.05, 0) is 43.2 Å². The largest absolute Gasteiger partial charge is 0.486 e. The smallest absolute Gasteiger partial charge is 0.252 e. The van der Waals surface area contributed by atoms with Crippen molar-refractivity contribution in [1.29, 1.82) is 0 Å². The third-order valence-electron chi connectivity index (χ3n) is 5.04. The third kappa shape index (κ3) is 3.45. The summed E-state index contributed by atoms with van der Waals surface area (Å²) in [6.07, 6.45) is 3.04. The van der Waals surface area contributed by atoms with Crippen LogP contribution in [0.5, 0.6) is 11.5 Å². The number of fused-ring (bicyclic) bond motifs is 1. The Bertz CT molecular complexity index is 875. The maximum absolute atomic E-state index is 12.9. The Kier molecular flexibility index (Phi) is 4.66. The van der Waals surface area contributed by atoms with Crippen LogP contribution in [0, 0.1) is 5.92 Å². The molecule has 2 aromatic rings. The first-order valence-corrected chi connectivity index (χ1v) is 9.07. The van der Waals surface area contributed by atoms with Gasteiger partial charge in [0.2, 0.25) is 0 Å². The van der Waals surface area contributed by atoms with Gasteiger partial charge in [0.1, 0.15) is 19.0 Å². The number of amides is 1. The van der Waals surface area contributed by atoms with Crippen molar-refractivity contribution in [3.05, 3.63) is 47.7 Å². The van der Waals surface area contributed by atoms with Gasteiger partial charge in [-0.3, -0.25) is 9.59 Å². The molecule has 1 saturated heterocycles. The number of Topliss-reactive ketones (excluding diaryl/α,β-unsaturated/α-hetero) is 1. The van der Waals surface area contributed by atoms with Crippen molar-refractivity contribution in [2.45, 2.75) is 12.8 Å². The van der Waals surface area contributed by atoms with Gasteiger partial charge in [0.25, 0.3) is 5.91 Å². The molecule has 2 aliphatic heterocycles. The molecule has 1 fully saturated rings. The van der Waals surface area contributed by atoms with Gasteiger partial charge < -0.3 is 20.1 Å². The van der Waals surface area contributed by atoms with Crippen LogP contribution in [0.15, 0.2) is 36.5 Å². The standard InChI is InChI=1S/C20H21N3O4/c21-19(25)15-2-1-7-22-20(15)23-8-5-13(6-9-23)18(24)14-3-4-16-17(12-14)27-11-10-26-16/h1-4,7,12-13H,5-6,8-11H2,(H2,21,25). The number of carbonyl (C=O) groups excluding carboxylic acids is 2. The van der Waals surface area contributed by atoms with Crippen LogP contribution in [-0.4, -0.2) is 43.0 Å². The zero-order valence-corrected chi connectivity index (χ0v) is 14.9. The van der Waals surface area contributed by atoms with Gasteiger partial charge in [-0.1, -0.05) is 0 Å². The van der Waals surface area contributed by atoms with Crippen LogP contribution in [-0.2, 0) is 0 Å². The number of carbonyl (C=O) groups is 2. The quantitative estimate of drug-likeness (QED) is 0.831. The summed E-state index contributed by atoms with van der Waals surface area (Å²) in [4.78, 5) is 30.8. The number of ether oxygens (including phenoxy) is 2. The predicted octanol–water partition coefficient (Wildman–Crippen LogP) is 2.05. The second-order valence-electron chi connectivity index (χ2n) is 6.72. The van der Waals surface area contributed by atoms with E-state index in [-0.39, 0.29) is 11.7 Å². The first-order valence-electron chi connectivity index (χ1n) is 9.07. The van der Waals surface area contributed by atoms with Gasteiger partial charge in [-0.25, -0.2) is 4.98 Å². The van der Waals surface area contributed by atoms with E-state index < -0.39 is 5.91 Å². The summed E-state index contributed by atoms with van der Waals surface area (Å²) in [5.41, 5.74) is 6.50. The highest BCUT2D eigenvalue weighted by Gasteiger charge is 2.28. The normalized spacial score (nSPS) is 16.8. The Morgan fingerprint density at radius 2 is 1.81 bits per heavy atom. The van der Waals surface area contributed by atoms with Crippen molar-refractivity contribution >= 4 is 17.5 Å². The number of primary amides is 1. The Balaban J connectivity index is 1.45. The lowest BCUT2D eigenvalue weighted by Gasteiger charge is -2.33. The molecule has 0 atom stereocenters. The maximum atomic E-state index is 12.9. The molecule has 0 aliphatic carbocycles. The number of aromatic nitrogens is 1. The maximum Gasteiger partial charge on any atom is 0.252 e. The molecule has 140 valence electrons. The minimum absolute atomic E-state index is 0.0652. The summed E-state index contributed by atoms with van der Waals surface area (Å²) in [6, 6.07) is 8.74. The summed E-state index contributed by atoms with van der Waals surface area (Å²) in [5.74, 6) is 1.46. The number of benzene rings is 1. The van der Waals surface area contributed by atoms with Crippen molar-refractivity contribution in [2.75, 3.05) is 31.2 Å². The van der Waals surface area contributed by atoms with Gasteiger partial charge in [0.05, 0.1) is 5.56 Å². The first kappa shape index (κ1) is 17.3. The number of ketones is 1. The molecule has 2 N–H and O–H groups in total. The lowest BCUT2D eigenvalue weighted by molar-refractivity contribution is 0.0898. The van der Waals surface area contributed by atoms with Crippen LogP contribution >= 0.6 is 0 Å². The van der Waals surface area contributed by atoms with Crippen LogP contribution in [0.4, 0.5) is 5.82 Å². The fraction of sp³-hybridized carbons (Fsp3) is 0.350. The van der Waals surface area contributed by atoms with E-state index in [1.54, 1.807) is 36.5 Å². The van der Waals surface area contributed by atoms with Crippen molar-refractivity contribution in [1.82, 2.24) is 4.98 Å². The van der Waals surface area contributed by atoms with Crippen LogP contribution in [0.3, 0.4) is 0 Å². The molecule has 7 heteroatoms. The zero-order chi connectivity index (χ0) is 18.8. The van der Waals surface area contributed by atoms with E-state index in [4.69, 9.17) is 15.2 Å². The monoisotopic (exact) mass is 367 g/mol. The number of hydrogen-bond donors (Lipinski definition) is 1. The summed E-state index contributed by atoms with van der Waals surface area (Å²) >= 11 is 0. The lowest BCUT2D eigenvalue weighted by Crippen LogP contribution is -2.38. The highest BCUT2D eigenvalue weighted by molar-refractivity contribution is 5.99. The minimum Gasteiger partial charge on any atom is -0.486 e. The van der Waals surface area contributed by atoms with Gasteiger partial charge in [0.15, 0.2) is 17.3 Å². The minimum atomic E-state index is -0.493. The lowest BCUT2D eigenvalue weighted by atomic mass is 9.88. The van der Waals surface area contributed by atoms with E-state index in [2.05, 4.69) is 4.98 Å². The van der Waals surface area contributed by atoms with Gasteiger partial charge in [-0.2, -0.15) is 0 Å². The van der Waals surface area contributed by atoms with Crippen LogP contribution in [0.25, 0.3) is 0 Å². The molecule has 0 spiro atoms. The average molecular weight is 367 g/mol. The van der Waals surface area contributed by atoms with Gasteiger partial charge in [-0.15, -0.1) is 0 Å². The second kappa shape index (κ2) is 7.26. The molecular weight excluding hydrogens is 346 g/mol. The summed E-state index contributed by atoms with van der Waals surface area (Å²) in [5, 5.41) is 0. The Hall–Kier alpha value is -3.09. The van der Waals surface area contributed by atoms with Crippen LogP contribution in [0.2, 0.25) is 0 Å². The van der Waals surface area contributed by atoms with E-state index in [0.717, 1.165) is 0 Å². The number of piperidine rings is 1. The molecule has 27 heavy (non-hydrogen) atoms. The zero-order valence-electron chi connectivity index (χ0n) is 14.9. The number of nitrogens with two attached hydrogens (primary N) is 1. The molecule has 4 rings (SSSR count). The van der Waals surface area contributed by atoms with Gasteiger partial charge >= 0.3 is 0 Å². The summed E-state index contributed by atoms with van der Waals surface area (Å²) in [7, 11) is 0. The highest BCUT2D eigenvalue weighted by Crippen LogP contribution is 2.33. The van der Waals surface area contributed by atoms with E-state index in [9.17, 15) is 9.59 Å². The van der Waals surface area contributed by atoms with E-state index in [0.29, 0.717) is 67.6 Å². The summed E-state index contributed by atoms with van der Waals surface area (Å²) < 4.78 is 11.1. The number of nitrogens with zero attached hydrogens (tertiary/aromatic N) is 2. The predicted molar refractivity (Wildman–Crippen MR) is 99.5 cm³/mol. The molecule has 0 radical (unpaired) electrons. The molecule has 1 amide bonds. The molecule has 0 bridgehead atoms. The number of rotatable bonds is 4. The van der Waals surface area contributed by atoms with Crippen molar-refractivity contribution < 1.29 is 19.1 Å². The fourth-order valence-corrected chi connectivity index (χ4v) is 3.63. The third-order valence-corrected chi connectivity index (χ3v) is 5.04. The molecule has 1 aromatic heterocycles. The average Bonchev–Trinajstić information content (AvgIpc) is 2.73. The van der Waals surface area contributed by atoms with Crippen LogP contribution < -0.4 is 20.1 Å². The Morgan fingerprint density at radius 1 is 1.07 bits per heavy atom. The molecular formula is C20H21N3O4. The number of anilines is 1. The van der Waals surface area contributed by atoms with Crippen LogP contribution in [0.1, 0.15) is 33.6 Å². The summed E-state index contributed by atoms with van der Waals surface area (Å²) in [6.45, 7) is 2.32. The Morgan fingerprint density at radius 3 is 2.56 bits per heavy atom. The number of hydrogen-bond acceptors (Lipinski definition) is 6. The highest BCUT2D eigenvalue weighted by atomic mass is 16.6. The van der Waals surface area contributed by atoms with E-state index >= 15 is 0 Å². The van der Waals surface area contributed by atoms with E-state index in [1.165, 1.54) is 0 Å². The fourth-order valence-electron chi connectivity index (χ4n) is 3.63. The molecule has 3 heterocycles. The van der Waals surface area contributed by atoms with Crippen molar-refractivity contribution in [3.63, 3.8) is 0 Å². The SMILES string of the molecule is NC(=O)c1cccnc1N1CCC(C(=O)c2ccc3c(c2)OCCO3)CC1. The van der Waals surface area contributed by atoms with E-state index in [1.807, 2.05) is 4.90 Å². The molecule has 0 unspecified atom stereocenters.